The Kier molecular flexibility index (Phi) is 1.97. The lowest BCUT2D eigenvalue weighted by atomic mass is 9.91. The number of ether oxygens (including phenoxy) is 1. The highest BCUT2D eigenvalue weighted by molar-refractivity contribution is 6.13. The van der Waals surface area contributed by atoms with Crippen LogP contribution in [0, 0.1) is 0 Å². The Balaban J connectivity index is 2.71. The lowest BCUT2D eigenvalue weighted by molar-refractivity contribution is 0.0598. The molecule has 2 radical (unpaired) electrons. The van der Waals surface area contributed by atoms with Crippen LogP contribution in [0.4, 0.5) is 0 Å². The second-order valence-corrected chi connectivity index (χ2v) is 2.28. The molecule has 1 saturated heterocycles. The Morgan fingerprint density at radius 2 is 2.10 bits per heavy atom. The van der Waals surface area contributed by atoms with Crippen molar-refractivity contribution >= 4 is 7.85 Å². The van der Waals surface area contributed by atoms with Crippen LogP contribution in [0.2, 0.25) is 0 Å². The Bertz CT molecular complexity index is 176. The zero-order valence-electron chi connectivity index (χ0n) is 5.71. The summed E-state index contributed by atoms with van der Waals surface area (Å²) in [6, 6.07) is -0.482. The summed E-state index contributed by atoms with van der Waals surface area (Å²) in [6.07, 6.45) is -0.345. The van der Waals surface area contributed by atoms with Crippen molar-refractivity contribution in [1.82, 2.24) is 0 Å². The van der Waals surface area contributed by atoms with E-state index in [2.05, 4.69) is 13.2 Å². The highest BCUT2D eigenvalue weighted by atomic mass is 16.5. The van der Waals surface area contributed by atoms with Crippen molar-refractivity contribution in [2.24, 2.45) is 0 Å². The van der Waals surface area contributed by atoms with Crippen molar-refractivity contribution in [2.75, 3.05) is 6.61 Å². The van der Waals surface area contributed by atoms with Crippen LogP contribution in [0.25, 0.3) is 0 Å². The van der Waals surface area contributed by atoms with Gasteiger partial charge in [0.05, 0.1) is 6.61 Å². The van der Waals surface area contributed by atoms with Gasteiger partial charge in [-0.2, -0.15) is 0 Å². The van der Waals surface area contributed by atoms with E-state index in [0.29, 0.717) is 11.1 Å². The first-order valence-electron chi connectivity index (χ1n) is 3.06. The van der Waals surface area contributed by atoms with Gasteiger partial charge in [0.1, 0.15) is 14.0 Å². The predicted octanol–water partition coefficient (Wildman–Crippen LogP) is -0.0155. The molecule has 3 heteroatoms. The van der Waals surface area contributed by atoms with E-state index in [4.69, 9.17) is 17.7 Å². The summed E-state index contributed by atoms with van der Waals surface area (Å²) in [4.78, 5) is 0. The Morgan fingerprint density at radius 1 is 1.50 bits per heavy atom. The fraction of sp³-hybridized carbons (Fsp3) is 0.429. The molecule has 1 fully saturated rings. The molecule has 1 rings (SSSR count). The molecule has 0 spiro atoms. The maximum absolute atomic E-state index is 8.69. The molecule has 1 N–H and O–H groups in total. The van der Waals surface area contributed by atoms with Gasteiger partial charge in [0.2, 0.25) is 0 Å². The van der Waals surface area contributed by atoms with Crippen molar-refractivity contribution in [1.29, 1.82) is 0 Å². The molecule has 0 saturated carbocycles. The smallest absolute Gasteiger partial charge is 0.115 e. The average Bonchev–Trinajstić information content (AvgIpc) is 2.17. The van der Waals surface area contributed by atoms with E-state index < -0.39 is 6.00 Å². The maximum Gasteiger partial charge on any atom is 0.115 e. The minimum Gasteiger partial charge on any atom is -0.393 e. The molecule has 2 nitrogen and oxygen atoms in total. The third kappa shape index (κ3) is 1.02. The molecule has 2 atom stereocenters. The van der Waals surface area contributed by atoms with E-state index in [1.165, 1.54) is 0 Å². The molecule has 52 valence electrons. The number of hydrogen-bond donors (Lipinski definition) is 1. The molecule has 2 unspecified atom stereocenters. The summed E-state index contributed by atoms with van der Waals surface area (Å²) >= 11 is 0. The van der Waals surface area contributed by atoms with Gasteiger partial charge in [-0.1, -0.05) is 13.2 Å². The second-order valence-electron chi connectivity index (χ2n) is 2.28. The van der Waals surface area contributed by atoms with Gasteiger partial charge in [0, 0.05) is 6.00 Å². The van der Waals surface area contributed by atoms with E-state index in [-0.39, 0.29) is 12.7 Å². The van der Waals surface area contributed by atoms with Crippen LogP contribution in [-0.4, -0.2) is 31.7 Å². The quantitative estimate of drug-likeness (QED) is 0.513. The van der Waals surface area contributed by atoms with Gasteiger partial charge in [0.15, 0.2) is 0 Å². The zero-order valence-corrected chi connectivity index (χ0v) is 5.71. The minimum atomic E-state index is -0.482. The van der Waals surface area contributed by atoms with Gasteiger partial charge in [-0.05, 0) is 11.1 Å². The third-order valence-corrected chi connectivity index (χ3v) is 1.62. The van der Waals surface area contributed by atoms with Crippen LogP contribution in [0.5, 0.6) is 0 Å². The first-order valence-corrected chi connectivity index (χ1v) is 3.06. The summed E-state index contributed by atoms with van der Waals surface area (Å²) in [5.41, 5.74) is 1.38. The van der Waals surface area contributed by atoms with Crippen LogP contribution in [0.15, 0.2) is 24.3 Å². The van der Waals surface area contributed by atoms with Crippen molar-refractivity contribution in [3.05, 3.63) is 24.3 Å². The molecular weight excluding hydrogens is 127 g/mol. The largest absolute Gasteiger partial charge is 0.393 e. The Labute approximate surface area is 61.6 Å². The molecule has 0 aromatic rings. The van der Waals surface area contributed by atoms with Gasteiger partial charge in [-0.3, -0.25) is 0 Å². The number of aliphatic hydroxyl groups is 1. The number of hydrogen-bond acceptors (Lipinski definition) is 2. The SMILES string of the molecule is [B]C1OC(CO)C(=C)C1=C. The van der Waals surface area contributed by atoms with Gasteiger partial charge in [0.25, 0.3) is 0 Å². The van der Waals surface area contributed by atoms with Crippen LogP contribution < -0.4 is 0 Å². The van der Waals surface area contributed by atoms with E-state index in [1.807, 2.05) is 0 Å². The standard InChI is InChI=1S/C7H9BO2/c1-4-5(2)7(8)10-6(4)3-9/h6-7,9H,1-3H2. The Hall–Kier alpha value is -0.535. The summed E-state index contributed by atoms with van der Waals surface area (Å²) in [5.74, 6) is 0. The molecule has 0 aliphatic carbocycles. The summed E-state index contributed by atoms with van der Waals surface area (Å²) in [7, 11) is 5.44. The van der Waals surface area contributed by atoms with Crippen LogP contribution in [-0.2, 0) is 4.74 Å². The predicted molar refractivity (Wildman–Crippen MR) is 39.8 cm³/mol. The average molecular weight is 136 g/mol. The molecule has 0 amide bonds. The Morgan fingerprint density at radius 3 is 2.30 bits per heavy atom. The van der Waals surface area contributed by atoms with Gasteiger partial charge < -0.3 is 9.84 Å². The topological polar surface area (TPSA) is 29.5 Å². The van der Waals surface area contributed by atoms with Crippen LogP contribution in [0.3, 0.4) is 0 Å². The molecule has 0 aromatic carbocycles. The first kappa shape index (κ1) is 7.57. The fourth-order valence-corrected chi connectivity index (χ4v) is 0.884. The van der Waals surface area contributed by atoms with Crippen LogP contribution in [0.1, 0.15) is 0 Å². The lowest BCUT2D eigenvalue weighted by Crippen LogP contribution is -2.14. The van der Waals surface area contributed by atoms with Crippen molar-refractivity contribution in [3.63, 3.8) is 0 Å². The molecule has 1 aliphatic heterocycles. The van der Waals surface area contributed by atoms with E-state index in [1.54, 1.807) is 0 Å². The monoisotopic (exact) mass is 136 g/mol. The number of aliphatic hydroxyl groups excluding tert-OH is 1. The summed E-state index contributed by atoms with van der Waals surface area (Å²) in [6.45, 7) is 7.25. The molecular formula is C7H9BO2. The number of rotatable bonds is 1. The molecule has 10 heavy (non-hydrogen) atoms. The van der Waals surface area contributed by atoms with Crippen molar-refractivity contribution < 1.29 is 9.84 Å². The highest BCUT2D eigenvalue weighted by Gasteiger charge is 2.27. The van der Waals surface area contributed by atoms with Crippen molar-refractivity contribution in [3.8, 4) is 0 Å². The zero-order chi connectivity index (χ0) is 7.72. The highest BCUT2D eigenvalue weighted by Crippen LogP contribution is 2.26. The normalized spacial score (nSPS) is 33.3. The van der Waals surface area contributed by atoms with E-state index in [0.717, 1.165) is 0 Å². The first-order chi connectivity index (χ1) is 4.66. The molecule has 0 bridgehead atoms. The van der Waals surface area contributed by atoms with E-state index >= 15 is 0 Å². The summed E-state index contributed by atoms with van der Waals surface area (Å²) in [5, 5.41) is 8.69. The fourth-order valence-electron chi connectivity index (χ4n) is 0.884. The minimum absolute atomic E-state index is 0.0778. The maximum atomic E-state index is 8.69. The van der Waals surface area contributed by atoms with Gasteiger partial charge in [-0.25, -0.2) is 0 Å². The van der Waals surface area contributed by atoms with Crippen molar-refractivity contribution in [2.45, 2.75) is 12.1 Å². The van der Waals surface area contributed by atoms with E-state index in [9.17, 15) is 0 Å². The second kappa shape index (κ2) is 2.60. The van der Waals surface area contributed by atoms with Gasteiger partial charge >= 0.3 is 0 Å². The molecule has 1 heterocycles. The lowest BCUT2D eigenvalue weighted by Gasteiger charge is -2.05. The molecule has 1 aliphatic rings. The molecule has 0 aromatic heterocycles. The summed E-state index contributed by atoms with van der Waals surface area (Å²) < 4.78 is 5.06. The third-order valence-electron chi connectivity index (χ3n) is 1.62. The van der Waals surface area contributed by atoms with Gasteiger partial charge in [-0.15, -0.1) is 0 Å². The van der Waals surface area contributed by atoms with Crippen LogP contribution >= 0.6 is 0 Å².